The smallest absolute Gasteiger partial charge is 0.237 e. The van der Waals surface area contributed by atoms with Gasteiger partial charge in [-0.25, -0.2) is 0 Å². The highest BCUT2D eigenvalue weighted by Crippen LogP contribution is 2.24. The minimum Gasteiger partial charge on any atom is -0.354 e. The average Bonchev–Trinajstić information content (AvgIpc) is 2.47. The molecule has 1 amide bonds. The molecule has 1 aromatic carbocycles. The number of hydrogen-bond acceptors (Lipinski definition) is 3. The van der Waals surface area contributed by atoms with Crippen molar-refractivity contribution in [1.29, 1.82) is 0 Å². The molecule has 3 N–H and O–H groups in total. The molecule has 1 heterocycles. The van der Waals surface area contributed by atoms with E-state index in [2.05, 4.69) is 5.32 Å². The van der Waals surface area contributed by atoms with Gasteiger partial charge in [0.15, 0.2) is 0 Å². The van der Waals surface area contributed by atoms with Crippen molar-refractivity contribution in [3.8, 4) is 0 Å². The van der Waals surface area contributed by atoms with Crippen LogP contribution in [0.3, 0.4) is 0 Å². The molecule has 104 valence electrons. The zero-order valence-corrected chi connectivity index (χ0v) is 12.0. The summed E-state index contributed by atoms with van der Waals surface area (Å²) in [7, 11) is 0. The van der Waals surface area contributed by atoms with Gasteiger partial charge in [0.2, 0.25) is 5.91 Å². The zero-order chi connectivity index (χ0) is 13.5. The number of hydrogen-bond donors (Lipinski definition) is 2. The molecule has 1 unspecified atom stereocenters. The van der Waals surface area contributed by atoms with Gasteiger partial charge in [-0.15, -0.1) is 0 Å². The topological polar surface area (TPSA) is 55.1 Å². The second-order valence-electron chi connectivity index (χ2n) is 5.03. The number of amides is 1. The maximum atomic E-state index is 11.9. The molecule has 0 radical (unpaired) electrons. The lowest BCUT2D eigenvalue weighted by Gasteiger charge is -2.22. The van der Waals surface area contributed by atoms with Crippen LogP contribution in [0.15, 0.2) is 30.3 Å². The van der Waals surface area contributed by atoms with E-state index in [1.165, 1.54) is 25.0 Å². The second kappa shape index (κ2) is 7.56. The first-order valence-electron chi connectivity index (χ1n) is 6.94. The quantitative estimate of drug-likeness (QED) is 0.865. The third-order valence-electron chi connectivity index (χ3n) is 3.41. The van der Waals surface area contributed by atoms with Gasteiger partial charge in [0, 0.05) is 11.8 Å². The van der Waals surface area contributed by atoms with Gasteiger partial charge in [0.05, 0.1) is 6.04 Å². The van der Waals surface area contributed by atoms with E-state index in [9.17, 15) is 4.79 Å². The molecule has 1 aliphatic heterocycles. The Hall–Kier alpha value is -1.00. The number of nitrogens with one attached hydrogen (secondary N) is 1. The van der Waals surface area contributed by atoms with E-state index in [0.717, 1.165) is 12.1 Å². The predicted octanol–water partition coefficient (Wildman–Crippen LogP) is 1.96. The summed E-state index contributed by atoms with van der Waals surface area (Å²) in [4.78, 5) is 11.9. The third kappa shape index (κ3) is 4.88. The van der Waals surface area contributed by atoms with Gasteiger partial charge in [-0.1, -0.05) is 36.8 Å². The number of nitrogens with two attached hydrogens (primary N) is 1. The molecule has 1 saturated heterocycles. The molecular formula is C15H22N2OS. The number of carbonyl (C=O) groups excluding carboxylic acids is 1. The Morgan fingerprint density at radius 2 is 2.16 bits per heavy atom. The Kier molecular flexibility index (Phi) is 5.73. The van der Waals surface area contributed by atoms with Gasteiger partial charge in [0.1, 0.15) is 0 Å². The SMILES string of the molecule is N[C@H](Cc1ccccc1)C(=O)NCC1CCCCS1. The molecule has 0 spiro atoms. The molecule has 1 aliphatic rings. The van der Waals surface area contributed by atoms with Gasteiger partial charge in [-0.2, -0.15) is 11.8 Å². The number of thioether (sulfide) groups is 1. The summed E-state index contributed by atoms with van der Waals surface area (Å²) >= 11 is 1.97. The zero-order valence-electron chi connectivity index (χ0n) is 11.2. The molecule has 1 aromatic rings. The van der Waals surface area contributed by atoms with Crippen molar-refractivity contribution in [2.24, 2.45) is 5.73 Å². The molecule has 2 rings (SSSR count). The molecule has 0 aromatic heterocycles. The van der Waals surface area contributed by atoms with Crippen molar-refractivity contribution in [3.63, 3.8) is 0 Å². The van der Waals surface area contributed by atoms with E-state index in [0.29, 0.717) is 11.7 Å². The van der Waals surface area contributed by atoms with Crippen LogP contribution in [0.4, 0.5) is 0 Å². The Labute approximate surface area is 119 Å². The van der Waals surface area contributed by atoms with Crippen LogP contribution in [0.25, 0.3) is 0 Å². The summed E-state index contributed by atoms with van der Waals surface area (Å²) in [5, 5.41) is 3.56. The van der Waals surface area contributed by atoms with Gasteiger partial charge >= 0.3 is 0 Å². The molecule has 0 bridgehead atoms. The lowest BCUT2D eigenvalue weighted by atomic mass is 10.1. The van der Waals surface area contributed by atoms with Crippen LogP contribution in [0.1, 0.15) is 24.8 Å². The average molecular weight is 278 g/mol. The monoisotopic (exact) mass is 278 g/mol. The molecule has 4 heteroatoms. The molecule has 0 saturated carbocycles. The summed E-state index contributed by atoms with van der Waals surface area (Å²) in [5.74, 6) is 1.19. The van der Waals surface area contributed by atoms with Crippen LogP contribution < -0.4 is 11.1 Å². The summed E-state index contributed by atoms with van der Waals surface area (Å²) in [5.41, 5.74) is 7.05. The van der Waals surface area contributed by atoms with Crippen LogP contribution in [0.2, 0.25) is 0 Å². The Morgan fingerprint density at radius 3 is 2.84 bits per heavy atom. The van der Waals surface area contributed by atoms with E-state index in [4.69, 9.17) is 5.73 Å². The van der Waals surface area contributed by atoms with E-state index in [1.807, 2.05) is 42.1 Å². The third-order valence-corrected chi connectivity index (χ3v) is 4.81. The fourth-order valence-corrected chi connectivity index (χ4v) is 3.51. The lowest BCUT2D eigenvalue weighted by Crippen LogP contribution is -2.44. The summed E-state index contributed by atoms with van der Waals surface area (Å²) in [6.45, 7) is 0.756. The fourth-order valence-electron chi connectivity index (χ4n) is 2.27. The van der Waals surface area contributed by atoms with Gasteiger partial charge in [0.25, 0.3) is 0 Å². The van der Waals surface area contributed by atoms with Crippen molar-refractivity contribution in [2.45, 2.75) is 37.0 Å². The summed E-state index contributed by atoms with van der Waals surface area (Å²) in [6.07, 6.45) is 4.40. The van der Waals surface area contributed by atoms with E-state index in [1.54, 1.807) is 0 Å². The number of rotatable bonds is 5. The highest BCUT2D eigenvalue weighted by molar-refractivity contribution is 7.99. The molecular weight excluding hydrogens is 256 g/mol. The molecule has 2 atom stereocenters. The van der Waals surface area contributed by atoms with Crippen LogP contribution in [-0.2, 0) is 11.2 Å². The molecule has 0 aliphatic carbocycles. The first-order chi connectivity index (χ1) is 9.25. The highest BCUT2D eigenvalue weighted by atomic mass is 32.2. The first kappa shape index (κ1) is 14.4. The fraction of sp³-hybridized carbons (Fsp3) is 0.533. The Morgan fingerprint density at radius 1 is 1.37 bits per heavy atom. The van der Waals surface area contributed by atoms with Crippen molar-refractivity contribution >= 4 is 17.7 Å². The second-order valence-corrected chi connectivity index (χ2v) is 6.44. The molecule has 19 heavy (non-hydrogen) atoms. The normalized spacial score (nSPS) is 20.8. The Bertz CT molecular complexity index is 390. The van der Waals surface area contributed by atoms with Crippen molar-refractivity contribution in [1.82, 2.24) is 5.32 Å². The van der Waals surface area contributed by atoms with Gasteiger partial charge < -0.3 is 11.1 Å². The van der Waals surface area contributed by atoms with E-state index < -0.39 is 6.04 Å². The van der Waals surface area contributed by atoms with Crippen molar-refractivity contribution < 1.29 is 4.79 Å². The van der Waals surface area contributed by atoms with Crippen LogP contribution in [0, 0.1) is 0 Å². The largest absolute Gasteiger partial charge is 0.354 e. The van der Waals surface area contributed by atoms with Crippen molar-refractivity contribution in [2.75, 3.05) is 12.3 Å². The van der Waals surface area contributed by atoms with Crippen LogP contribution in [-0.4, -0.2) is 29.5 Å². The van der Waals surface area contributed by atoms with Crippen LogP contribution in [0.5, 0.6) is 0 Å². The maximum absolute atomic E-state index is 11.9. The summed E-state index contributed by atoms with van der Waals surface area (Å²) < 4.78 is 0. The van der Waals surface area contributed by atoms with Gasteiger partial charge in [-0.05, 0) is 30.6 Å². The predicted molar refractivity (Wildman–Crippen MR) is 81.2 cm³/mol. The van der Waals surface area contributed by atoms with Gasteiger partial charge in [-0.3, -0.25) is 4.79 Å². The standard InChI is InChI=1S/C15H22N2OS/c16-14(10-12-6-2-1-3-7-12)15(18)17-11-13-8-4-5-9-19-13/h1-3,6-7,13-14H,4-5,8-11,16H2,(H,17,18)/t13?,14-/m1/s1. The van der Waals surface area contributed by atoms with E-state index in [-0.39, 0.29) is 5.91 Å². The number of carbonyl (C=O) groups is 1. The maximum Gasteiger partial charge on any atom is 0.237 e. The summed E-state index contributed by atoms with van der Waals surface area (Å²) in [6, 6.07) is 9.47. The Balaban J connectivity index is 1.73. The molecule has 3 nitrogen and oxygen atoms in total. The first-order valence-corrected chi connectivity index (χ1v) is 7.99. The van der Waals surface area contributed by atoms with Crippen LogP contribution >= 0.6 is 11.8 Å². The van der Waals surface area contributed by atoms with Crippen molar-refractivity contribution in [3.05, 3.63) is 35.9 Å². The molecule has 1 fully saturated rings. The van der Waals surface area contributed by atoms with E-state index >= 15 is 0 Å². The number of benzene rings is 1. The minimum atomic E-state index is -0.448. The lowest BCUT2D eigenvalue weighted by molar-refractivity contribution is -0.122. The highest BCUT2D eigenvalue weighted by Gasteiger charge is 2.18. The minimum absolute atomic E-state index is 0.0324.